The van der Waals surface area contributed by atoms with Crippen molar-refractivity contribution in [3.8, 4) is 11.5 Å². The van der Waals surface area contributed by atoms with Crippen molar-refractivity contribution in [1.29, 1.82) is 0 Å². The summed E-state index contributed by atoms with van der Waals surface area (Å²) in [5.74, 6) is 0.767. The Morgan fingerprint density at radius 2 is 1.67 bits per heavy atom. The molecule has 2 rings (SSSR count). The first-order valence-electron chi connectivity index (χ1n) is 6.46. The second-order valence-electron chi connectivity index (χ2n) is 4.58. The standard InChI is InChI=1S/C14H13ClN2O6S/c1-22-10-5-9(6-11(7-10)23-2)16-24(20,21)12-3-4-13(15)14(8-12)17(18)19/h3-8,16H,1-2H3. The zero-order valence-electron chi connectivity index (χ0n) is 12.6. The van der Waals surface area contributed by atoms with E-state index in [9.17, 15) is 18.5 Å². The number of rotatable bonds is 6. The fourth-order valence-electron chi connectivity index (χ4n) is 1.88. The molecule has 0 heterocycles. The first-order chi connectivity index (χ1) is 11.3. The maximum Gasteiger partial charge on any atom is 0.289 e. The third-order valence-corrected chi connectivity index (χ3v) is 4.73. The molecule has 0 bridgehead atoms. The summed E-state index contributed by atoms with van der Waals surface area (Å²) in [5, 5.41) is 10.7. The first-order valence-corrected chi connectivity index (χ1v) is 8.33. The van der Waals surface area contributed by atoms with E-state index in [2.05, 4.69) is 4.72 Å². The maximum atomic E-state index is 12.4. The van der Waals surface area contributed by atoms with E-state index >= 15 is 0 Å². The fourth-order valence-corrected chi connectivity index (χ4v) is 3.13. The van der Waals surface area contributed by atoms with Crippen LogP contribution in [0.25, 0.3) is 0 Å². The molecule has 0 aliphatic heterocycles. The van der Waals surface area contributed by atoms with E-state index < -0.39 is 20.6 Å². The molecule has 0 radical (unpaired) electrons. The fraction of sp³-hybridized carbons (Fsp3) is 0.143. The van der Waals surface area contributed by atoms with Gasteiger partial charge in [0.25, 0.3) is 15.7 Å². The van der Waals surface area contributed by atoms with E-state index in [-0.39, 0.29) is 15.6 Å². The number of anilines is 1. The van der Waals surface area contributed by atoms with E-state index in [0.29, 0.717) is 11.5 Å². The van der Waals surface area contributed by atoms with Crippen LogP contribution in [-0.2, 0) is 10.0 Å². The summed E-state index contributed by atoms with van der Waals surface area (Å²) in [6.45, 7) is 0. The summed E-state index contributed by atoms with van der Waals surface area (Å²) in [5.41, 5.74) is -0.313. The summed E-state index contributed by atoms with van der Waals surface area (Å²) < 4.78 is 37.3. The minimum atomic E-state index is -4.06. The Labute approximate surface area is 143 Å². The molecule has 0 amide bonds. The average Bonchev–Trinajstić information content (AvgIpc) is 2.53. The van der Waals surface area contributed by atoms with Crippen molar-refractivity contribution in [3.05, 3.63) is 51.5 Å². The van der Waals surface area contributed by atoms with Crippen molar-refractivity contribution in [3.63, 3.8) is 0 Å². The van der Waals surface area contributed by atoms with Crippen LogP contribution >= 0.6 is 11.6 Å². The van der Waals surface area contributed by atoms with Gasteiger partial charge < -0.3 is 9.47 Å². The molecule has 1 N–H and O–H groups in total. The lowest BCUT2D eigenvalue weighted by molar-refractivity contribution is -0.384. The van der Waals surface area contributed by atoms with Gasteiger partial charge >= 0.3 is 0 Å². The van der Waals surface area contributed by atoms with Crippen LogP contribution in [0.4, 0.5) is 11.4 Å². The highest BCUT2D eigenvalue weighted by atomic mass is 35.5. The van der Waals surface area contributed by atoms with Crippen molar-refractivity contribution >= 4 is 33.0 Å². The molecule has 8 nitrogen and oxygen atoms in total. The Hall–Kier alpha value is -2.52. The molecule has 128 valence electrons. The van der Waals surface area contributed by atoms with Gasteiger partial charge in [0.05, 0.1) is 29.7 Å². The number of nitro groups is 1. The Balaban J connectivity index is 2.42. The minimum absolute atomic E-state index is 0.151. The van der Waals surface area contributed by atoms with Gasteiger partial charge in [-0.05, 0) is 12.1 Å². The quantitative estimate of drug-likeness (QED) is 0.616. The SMILES string of the molecule is COc1cc(NS(=O)(=O)c2ccc(Cl)c([N+](=O)[O-])c2)cc(OC)c1. The average molecular weight is 373 g/mol. The van der Waals surface area contributed by atoms with Crippen LogP contribution in [0.2, 0.25) is 5.02 Å². The van der Waals surface area contributed by atoms with Crippen LogP contribution in [0.15, 0.2) is 41.3 Å². The third kappa shape index (κ3) is 3.87. The molecule has 0 fully saturated rings. The molecule has 2 aromatic rings. The van der Waals surface area contributed by atoms with E-state index in [4.69, 9.17) is 21.1 Å². The highest BCUT2D eigenvalue weighted by Gasteiger charge is 2.21. The molecule has 0 saturated heterocycles. The van der Waals surface area contributed by atoms with Crippen LogP contribution in [0.3, 0.4) is 0 Å². The van der Waals surface area contributed by atoms with Gasteiger partial charge in [-0.25, -0.2) is 8.42 Å². The lowest BCUT2D eigenvalue weighted by Gasteiger charge is -2.11. The molecule has 2 aromatic carbocycles. The normalized spacial score (nSPS) is 11.0. The van der Waals surface area contributed by atoms with Crippen LogP contribution in [0.5, 0.6) is 11.5 Å². The summed E-state index contributed by atoms with van der Waals surface area (Å²) in [6, 6.07) is 7.69. The van der Waals surface area contributed by atoms with Gasteiger partial charge in [-0.15, -0.1) is 0 Å². The molecule has 0 atom stereocenters. The number of nitrogens with zero attached hydrogens (tertiary/aromatic N) is 1. The Morgan fingerprint density at radius 3 is 2.17 bits per heavy atom. The third-order valence-electron chi connectivity index (χ3n) is 3.03. The summed E-state index contributed by atoms with van der Waals surface area (Å²) >= 11 is 5.69. The zero-order valence-corrected chi connectivity index (χ0v) is 14.2. The van der Waals surface area contributed by atoms with Crippen molar-refractivity contribution in [2.24, 2.45) is 0 Å². The molecule has 24 heavy (non-hydrogen) atoms. The van der Waals surface area contributed by atoms with E-state index in [0.717, 1.165) is 12.1 Å². The molecule has 0 aromatic heterocycles. The highest BCUT2D eigenvalue weighted by Crippen LogP contribution is 2.30. The number of hydrogen-bond acceptors (Lipinski definition) is 6. The van der Waals surface area contributed by atoms with E-state index in [1.807, 2.05) is 0 Å². The monoisotopic (exact) mass is 372 g/mol. The van der Waals surface area contributed by atoms with Crippen molar-refractivity contribution in [2.45, 2.75) is 4.90 Å². The van der Waals surface area contributed by atoms with Crippen molar-refractivity contribution < 1.29 is 22.8 Å². The summed E-state index contributed by atoms with van der Waals surface area (Å²) in [6.07, 6.45) is 0. The molecular weight excluding hydrogens is 360 g/mol. The molecule has 0 unspecified atom stereocenters. The molecule has 0 saturated carbocycles. The van der Waals surface area contributed by atoms with Gasteiger partial charge in [0.1, 0.15) is 16.5 Å². The van der Waals surface area contributed by atoms with Crippen LogP contribution < -0.4 is 14.2 Å². The predicted octanol–water partition coefficient (Wildman–Crippen LogP) is 3.07. The number of nitrogens with one attached hydrogen (secondary N) is 1. The van der Waals surface area contributed by atoms with Crippen LogP contribution in [0.1, 0.15) is 0 Å². The predicted molar refractivity (Wildman–Crippen MR) is 88.5 cm³/mol. The lowest BCUT2D eigenvalue weighted by atomic mass is 10.3. The topological polar surface area (TPSA) is 108 Å². The van der Waals surface area contributed by atoms with Gasteiger partial charge in [-0.3, -0.25) is 14.8 Å². The number of sulfonamides is 1. The largest absolute Gasteiger partial charge is 0.497 e. The smallest absolute Gasteiger partial charge is 0.289 e. The summed E-state index contributed by atoms with van der Waals surface area (Å²) in [4.78, 5) is 9.85. The number of nitro benzene ring substituents is 1. The second kappa shape index (κ2) is 6.93. The Morgan fingerprint density at radius 1 is 1.08 bits per heavy atom. The molecule has 0 spiro atoms. The van der Waals surface area contributed by atoms with Crippen molar-refractivity contribution in [1.82, 2.24) is 0 Å². The van der Waals surface area contributed by atoms with E-state index in [1.165, 1.54) is 32.4 Å². The van der Waals surface area contributed by atoms with Gasteiger partial charge in [0.2, 0.25) is 0 Å². The van der Waals surface area contributed by atoms with Gasteiger partial charge in [-0.2, -0.15) is 0 Å². The number of ether oxygens (including phenoxy) is 2. The van der Waals surface area contributed by atoms with Gasteiger partial charge in [0, 0.05) is 24.3 Å². The molecule has 10 heteroatoms. The van der Waals surface area contributed by atoms with Gasteiger partial charge in [-0.1, -0.05) is 11.6 Å². The van der Waals surface area contributed by atoms with Crippen LogP contribution in [-0.4, -0.2) is 27.6 Å². The minimum Gasteiger partial charge on any atom is -0.497 e. The number of benzene rings is 2. The number of halogens is 1. The molecule has 0 aliphatic carbocycles. The number of methoxy groups -OCH3 is 2. The lowest BCUT2D eigenvalue weighted by Crippen LogP contribution is -2.13. The Bertz CT molecular complexity index is 863. The van der Waals surface area contributed by atoms with Crippen molar-refractivity contribution in [2.75, 3.05) is 18.9 Å². The summed E-state index contributed by atoms with van der Waals surface area (Å²) in [7, 11) is -1.21. The molecule has 0 aliphatic rings. The molecular formula is C14H13ClN2O6S. The first kappa shape index (κ1) is 17.8. The van der Waals surface area contributed by atoms with E-state index in [1.54, 1.807) is 6.07 Å². The maximum absolute atomic E-state index is 12.4. The van der Waals surface area contributed by atoms with Gasteiger partial charge in [0.15, 0.2) is 0 Å². The highest BCUT2D eigenvalue weighted by molar-refractivity contribution is 7.92. The number of hydrogen-bond donors (Lipinski definition) is 1. The zero-order chi connectivity index (χ0) is 17.9. The van der Waals surface area contributed by atoms with Crippen LogP contribution in [0, 0.1) is 10.1 Å². The Kier molecular flexibility index (Phi) is 5.15. The second-order valence-corrected chi connectivity index (χ2v) is 6.67.